The highest BCUT2D eigenvalue weighted by Gasteiger charge is 2.50. The number of carbonyl (C=O) groups is 2. The predicted octanol–water partition coefficient (Wildman–Crippen LogP) is 12.2. The Morgan fingerprint density at radius 1 is 0.634 bits per heavy atom. The predicted molar refractivity (Wildman–Crippen MR) is 311 cm³/mol. The summed E-state index contributed by atoms with van der Waals surface area (Å²) in [6.45, 7) is 29.0. The molecule has 0 aliphatic heterocycles. The maximum Gasteiger partial charge on any atom is 0.350 e. The molecule has 0 N–H and O–H groups in total. The third kappa shape index (κ3) is 25.2. The summed E-state index contributed by atoms with van der Waals surface area (Å²) < 4.78 is 91.4. The molecule has 2 rings (SSSR count). The maximum atomic E-state index is 13.5. The van der Waals surface area contributed by atoms with E-state index in [1.165, 1.54) is 48.6 Å². The van der Waals surface area contributed by atoms with Crippen molar-refractivity contribution in [2.24, 2.45) is 0 Å². The summed E-state index contributed by atoms with van der Waals surface area (Å²) in [4.78, 5) is 28.1. The van der Waals surface area contributed by atoms with Crippen molar-refractivity contribution in [3.63, 3.8) is 0 Å². The highest BCUT2D eigenvalue weighted by atomic mass is 32.2. The molecule has 0 amide bonds. The number of nitrogens with zero attached hydrogens (tertiary/aromatic N) is 2. The number of methoxy groups -OCH3 is 1. The van der Waals surface area contributed by atoms with Crippen LogP contribution in [0.3, 0.4) is 0 Å². The molecule has 2 atom stereocenters. The number of likely N-dealkylation sites (N-methyl/N-ethyl adjacent to an activating group) is 2. The zero-order valence-corrected chi connectivity index (χ0v) is 47.4. The van der Waals surface area contributed by atoms with Crippen LogP contribution in [0.1, 0.15) is 57.0 Å². The molecule has 0 saturated heterocycles. The van der Waals surface area contributed by atoms with Crippen LogP contribution in [0.5, 0.6) is 0 Å². The van der Waals surface area contributed by atoms with Crippen molar-refractivity contribution < 1.29 is 52.4 Å². The van der Waals surface area contributed by atoms with Gasteiger partial charge in [0.2, 0.25) is 19.7 Å². The van der Waals surface area contributed by atoms with E-state index in [9.17, 15) is 26.4 Å². The Labute approximate surface area is 438 Å². The lowest BCUT2D eigenvalue weighted by atomic mass is 10.2. The minimum Gasteiger partial charge on any atom is -0.465 e. The summed E-state index contributed by atoms with van der Waals surface area (Å²) in [6.07, 6.45) is 10.6. The van der Waals surface area contributed by atoms with Gasteiger partial charge in [-0.15, -0.1) is 0 Å². The number of sulfone groups is 2. The second-order valence-electron chi connectivity index (χ2n) is 17.9. The first-order valence-electron chi connectivity index (χ1n) is 21.0. The van der Waals surface area contributed by atoms with E-state index in [0.29, 0.717) is 11.7 Å². The summed E-state index contributed by atoms with van der Waals surface area (Å²) in [6, 6.07) is 13.9. The van der Waals surface area contributed by atoms with Crippen LogP contribution in [0.15, 0.2) is 134 Å². The number of rotatable bonds is 25. The van der Waals surface area contributed by atoms with Crippen molar-refractivity contribution in [2.45, 2.75) is 134 Å². The second kappa shape index (κ2) is 31.7. The number of hydrogen-bond donors (Lipinski definition) is 0. The van der Waals surface area contributed by atoms with Crippen molar-refractivity contribution in [2.75, 3.05) is 40.9 Å². The third-order valence-corrected chi connectivity index (χ3v) is 29.8. The lowest BCUT2D eigenvalue weighted by Crippen LogP contribution is -2.61. The SMILES string of the molecule is C.C.C.C.C.C.C=C(CN(C)/C=C/C=C(/C(=O)OCC)S(=O)(=O)c1ccccc1)[Si](C)(O[Si](C)(C)O[Si](C)(C)C)O[Si](C)(/C=C/CN(C)/C=C/C=C(\C(=O)OC)S(=O)(=O)c1ccc(C)cc1)O[Si](C)(C)C. The molecule has 0 heterocycles. The molecular weight excluding hydrogens is 1030 g/mol. The van der Waals surface area contributed by atoms with Gasteiger partial charge in [0.25, 0.3) is 0 Å². The van der Waals surface area contributed by atoms with Crippen LogP contribution < -0.4 is 0 Å². The van der Waals surface area contributed by atoms with Crippen LogP contribution in [0, 0.1) is 6.92 Å². The van der Waals surface area contributed by atoms with Gasteiger partial charge in [-0.1, -0.05) is 93.1 Å². The van der Waals surface area contributed by atoms with Crippen LogP contribution >= 0.6 is 0 Å². The van der Waals surface area contributed by atoms with E-state index >= 15 is 0 Å². The lowest BCUT2D eigenvalue weighted by Gasteiger charge is -2.44. The van der Waals surface area contributed by atoms with E-state index in [1.54, 1.807) is 68.7 Å². The summed E-state index contributed by atoms with van der Waals surface area (Å²) in [7, 11) is -17.5. The average Bonchev–Trinajstić information content (AvgIpc) is 3.16. The van der Waals surface area contributed by atoms with Gasteiger partial charge < -0.3 is 35.7 Å². The second-order valence-corrected chi connectivity index (χ2v) is 41.3. The maximum absolute atomic E-state index is 13.5. The van der Waals surface area contributed by atoms with Crippen molar-refractivity contribution in [1.82, 2.24) is 9.80 Å². The Hall–Kier alpha value is -3.76. The van der Waals surface area contributed by atoms with Gasteiger partial charge in [-0.25, -0.2) is 26.4 Å². The van der Waals surface area contributed by atoms with Gasteiger partial charge in [0.05, 0.1) is 23.5 Å². The Bertz CT molecular complexity index is 2340. The van der Waals surface area contributed by atoms with Crippen LogP contribution in [-0.4, -0.2) is 122 Å². The number of ether oxygens (including phenoxy) is 2. The van der Waals surface area contributed by atoms with Gasteiger partial charge in [-0.05, 0) is 151 Å². The van der Waals surface area contributed by atoms with E-state index in [0.717, 1.165) is 12.7 Å². The fraction of sp³-hybridized carbons (Fsp3) is 0.480. The summed E-state index contributed by atoms with van der Waals surface area (Å²) in [5, 5.41) is 0.663. The van der Waals surface area contributed by atoms with Crippen molar-refractivity contribution in [1.29, 1.82) is 0 Å². The Morgan fingerprint density at radius 3 is 1.54 bits per heavy atom. The number of benzene rings is 2. The zero-order valence-electron chi connectivity index (χ0n) is 40.8. The van der Waals surface area contributed by atoms with Crippen LogP contribution in [0.25, 0.3) is 0 Å². The first kappa shape index (κ1) is 76.2. The van der Waals surface area contributed by atoms with Crippen molar-refractivity contribution >= 4 is 73.9 Å². The number of carbonyl (C=O) groups excluding carboxylic acids is 2. The smallest absolute Gasteiger partial charge is 0.350 e. The molecule has 14 nitrogen and oxygen atoms in total. The lowest BCUT2D eigenvalue weighted by molar-refractivity contribution is -0.138. The molecule has 71 heavy (non-hydrogen) atoms. The molecule has 0 saturated carbocycles. The third-order valence-electron chi connectivity index (χ3n) is 8.80. The first-order chi connectivity index (χ1) is 29.8. The Balaban J connectivity index is -0.00000242. The van der Waals surface area contributed by atoms with E-state index in [2.05, 4.69) is 45.9 Å². The quantitative estimate of drug-likeness (QED) is 0.0399. The molecule has 0 aromatic heterocycles. The topological polar surface area (TPSA) is 164 Å². The fourth-order valence-electron chi connectivity index (χ4n) is 6.43. The normalized spacial score (nSPS) is 14.2. The largest absolute Gasteiger partial charge is 0.465 e. The van der Waals surface area contributed by atoms with Crippen molar-refractivity contribution in [3.8, 4) is 0 Å². The highest BCUT2D eigenvalue weighted by Crippen LogP contribution is 2.31. The molecule has 2 aromatic rings. The number of aryl methyl sites for hydroxylation is 1. The Kier molecular flexibility index (Phi) is 34.1. The minimum atomic E-state index is -4.18. The molecule has 0 radical (unpaired) electrons. The average molecular weight is 1120 g/mol. The molecule has 2 unspecified atom stereocenters. The standard InChI is InChI=1S/C44H70N2O12S2Si5.6CH4/c1-17-54-44(48)42(59(49,50)39-24-19-18-20-25-39)27-22-33-46(5)36-38(3)65(16,57-63(13,14)55-61(7,8)9)58-64(15,56-62(10,11)12)35-23-34-45(4)32-21-26-41(43(47)53-6)60(51,52)40-30-28-37(2)29-31-40;;;;;;/h18-33,35H,3,17,34,36H2,1-2,4-16H3;6*1H4/b32-21+,33-22+,35-23+,41-26+,42-27-;;;;;;. The van der Waals surface area contributed by atoms with E-state index in [4.69, 9.17) is 25.9 Å². The highest BCUT2D eigenvalue weighted by molar-refractivity contribution is 7.96. The molecule has 21 heteroatoms. The van der Waals surface area contributed by atoms with Gasteiger partial charge in [-0.2, -0.15) is 0 Å². The number of hydrogen-bond acceptors (Lipinski definition) is 14. The van der Waals surface area contributed by atoms with Crippen LogP contribution in [0.2, 0.25) is 65.5 Å². The molecule has 408 valence electrons. The summed E-state index contributed by atoms with van der Waals surface area (Å²) in [5.74, 6) is -1.94. The van der Waals surface area contributed by atoms with E-state index in [1.807, 2.05) is 49.8 Å². The molecule has 0 spiro atoms. The van der Waals surface area contributed by atoms with Gasteiger partial charge >= 0.3 is 37.6 Å². The fourth-order valence-corrected chi connectivity index (χ4v) is 31.0. The monoisotopic (exact) mass is 1120 g/mol. The van der Waals surface area contributed by atoms with E-state index < -0.39 is 83.7 Å². The summed E-state index contributed by atoms with van der Waals surface area (Å²) in [5.41, 5.74) is 2.84. The molecule has 2 aromatic carbocycles. The van der Waals surface area contributed by atoms with Crippen LogP contribution in [0.4, 0.5) is 0 Å². The van der Waals surface area contributed by atoms with Gasteiger partial charge in [-0.3, -0.25) is 0 Å². The van der Waals surface area contributed by atoms with Gasteiger partial charge in [0.15, 0.2) is 26.4 Å². The molecule has 0 aliphatic carbocycles. The number of allylic oxidation sites excluding steroid dienone is 4. The van der Waals surface area contributed by atoms with Crippen LogP contribution in [-0.2, 0) is 55.2 Å². The zero-order chi connectivity index (χ0) is 49.7. The number of esters is 2. The van der Waals surface area contributed by atoms with Crippen molar-refractivity contribution in [3.05, 3.63) is 130 Å². The molecule has 0 bridgehead atoms. The molecule has 0 aliphatic rings. The Morgan fingerprint density at radius 2 is 1.08 bits per heavy atom. The first-order valence-corrected chi connectivity index (χ1v) is 38.3. The minimum absolute atomic E-state index is 0. The van der Waals surface area contributed by atoms with Gasteiger partial charge in [0.1, 0.15) is 0 Å². The molecular formula is C50H94N2O12S2Si5. The van der Waals surface area contributed by atoms with E-state index in [-0.39, 0.29) is 67.5 Å². The summed E-state index contributed by atoms with van der Waals surface area (Å²) >= 11 is 0. The van der Waals surface area contributed by atoms with Gasteiger partial charge in [0, 0.05) is 27.2 Å². The molecule has 0 fully saturated rings.